The lowest BCUT2D eigenvalue weighted by atomic mass is 10.3. The molecule has 1 aliphatic heterocycles. The van der Waals surface area contributed by atoms with Crippen molar-refractivity contribution in [1.82, 2.24) is 10.2 Å². The summed E-state index contributed by atoms with van der Waals surface area (Å²) < 4.78 is 5.26. The molecule has 2 atom stereocenters. The summed E-state index contributed by atoms with van der Waals surface area (Å²) in [5.41, 5.74) is 0. The van der Waals surface area contributed by atoms with Crippen LogP contribution in [-0.2, 0) is 9.53 Å². The topological polar surface area (TPSA) is 41.6 Å². The van der Waals surface area contributed by atoms with Gasteiger partial charge in [0.2, 0.25) is 5.91 Å². The highest BCUT2D eigenvalue weighted by Gasteiger charge is 2.38. The highest BCUT2D eigenvalue weighted by Crippen LogP contribution is 2.37. The molecule has 0 spiro atoms. The van der Waals surface area contributed by atoms with E-state index in [1.54, 1.807) is 0 Å². The first-order valence-electron chi connectivity index (χ1n) is 5.85. The predicted octanol–water partition coefficient (Wildman–Crippen LogP) is 0.0908. The molecule has 1 aliphatic carbocycles. The fourth-order valence-corrected chi connectivity index (χ4v) is 1.98. The second kappa shape index (κ2) is 4.94. The van der Waals surface area contributed by atoms with Crippen molar-refractivity contribution in [1.29, 1.82) is 0 Å². The molecule has 1 heterocycles. The first-order chi connectivity index (χ1) is 7.27. The van der Waals surface area contributed by atoms with Gasteiger partial charge >= 0.3 is 0 Å². The minimum Gasteiger partial charge on any atom is -0.379 e. The van der Waals surface area contributed by atoms with Gasteiger partial charge in [-0.25, -0.2) is 0 Å². The van der Waals surface area contributed by atoms with E-state index in [1.807, 2.05) is 0 Å². The lowest BCUT2D eigenvalue weighted by molar-refractivity contribution is -0.122. The Hall–Kier alpha value is -0.610. The number of hydrogen-bond donors (Lipinski definition) is 1. The van der Waals surface area contributed by atoms with Gasteiger partial charge in [-0.1, -0.05) is 6.92 Å². The maximum absolute atomic E-state index is 11.5. The van der Waals surface area contributed by atoms with Crippen LogP contribution < -0.4 is 5.32 Å². The molecule has 1 saturated heterocycles. The third-order valence-electron chi connectivity index (χ3n) is 3.28. The second-order valence-corrected chi connectivity index (χ2v) is 4.56. The van der Waals surface area contributed by atoms with Gasteiger partial charge in [-0.05, 0) is 12.3 Å². The summed E-state index contributed by atoms with van der Waals surface area (Å²) in [6, 6.07) is 0. The highest BCUT2D eigenvalue weighted by molar-refractivity contribution is 5.81. The Morgan fingerprint density at radius 1 is 1.47 bits per heavy atom. The molecule has 2 rings (SSSR count). The van der Waals surface area contributed by atoms with E-state index in [-0.39, 0.29) is 5.91 Å². The zero-order valence-corrected chi connectivity index (χ0v) is 9.37. The molecular weight excluding hydrogens is 192 g/mol. The lowest BCUT2D eigenvalue weighted by Gasteiger charge is -2.26. The number of carbonyl (C=O) groups excluding carboxylic acids is 1. The summed E-state index contributed by atoms with van der Waals surface area (Å²) in [4.78, 5) is 13.8. The van der Waals surface area contributed by atoms with Crippen LogP contribution in [0.4, 0.5) is 0 Å². The predicted molar refractivity (Wildman–Crippen MR) is 57.5 cm³/mol. The molecule has 0 radical (unpaired) electrons. The molecule has 2 fully saturated rings. The van der Waals surface area contributed by atoms with Crippen molar-refractivity contribution in [3.8, 4) is 0 Å². The normalized spacial score (nSPS) is 31.3. The van der Waals surface area contributed by atoms with Crippen molar-refractivity contribution >= 4 is 5.91 Å². The smallest absolute Gasteiger partial charge is 0.223 e. The molecule has 1 N–H and O–H groups in total. The van der Waals surface area contributed by atoms with Gasteiger partial charge in [-0.2, -0.15) is 0 Å². The second-order valence-electron chi connectivity index (χ2n) is 4.56. The zero-order chi connectivity index (χ0) is 10.7. The van der Waals surface area contributed by atoms with Crippen LogP contribution in [0.1, 0.15) is 13.3 Å². The number of nitrogens with one attached hydrogen (secondary N) is 1. The molecule has 1 saturated carbocycles. The van der Waals surface area contributed by atoms with Crippen LogP contribution in [0.25, 0.3) is 0 Å². The van der Waals surface area contributed by atoms with Crippen LogP contribution in [-0.4, -0.2) is 50.2 Å². The van der Waals surface area contributed by atoms with Crippen LogP contribution in [0, 0.1) is 11.8 Å². The molecule has 0 unspecified atom stereocenters. The van der Waals surface area contributed by atoms with Crippen molar-refractivity contribution in [3.63, 3.8) is 0 Å². The number of amides is 1. The summed E-state index contributed by atoms with van der Waals surface area (Å²) in [5.74, 6) is 1.15. The summed E-state index contributed by atoms with van der Waals surface area (Å²) in [7, 11) is 0. The molecule has 0 aromatic rings. The largest absolute Gasteiger partial charge is 0.379 e. The average Bonchev–Trinajstić information content (AvgIpc) is 2.97. The number of carbonyl (C=O) groups is 1. The van der Waals surface area contributed by atoms with Gasteiger partial charge < -0.3 is 10.1 Å². The fourth-order valence-electron chi connectivity index (χ4n) is 1.98. The van der Waals surface area contributed by atoms with Gasteiger partial charge in [0.1, 0.15) is 0 Å². The van der Waals surface area contributed by atoms with E-state index in [2.05, 4.69) is 17.1 Å². The van der Waals surface area contributed by atoms with Crippen LogP contribution in [0.15, 0.2) is 0 Å². The lowest BCUT2D eigenvalue weighted by Crippen LogP contribution is -2.41. The van der Waals surface area contributed by atoms with Crippen LogP contribution in [0.5, 0.6) is 0 Å². The third-order valence-corrected chi connectivity index (χ3v) is 3.28. The van der Waals surface area contributed by atoms with Crippen molar-refractivity contribution < 1.29 is 9.53 Å². The van der Waals surface area contributed by atoms with Gasteiger partial charge in [0.15, 0.2) is 0 Å². The highest BCUT2D eigenvalue weighted by atomic mass is 16.5. The molecule has 15 heavy (non-hydrogen) atoms. The van der Waals surface area contributed by atoms with Gasteiger partial charge in [0, 0.05) is 32.1 Å². The van der Waals surface area contributed by atoms with Crippen LogP contribution in [0.3, 0.4) is 0 Å². The van der Waals surface area contributed by atoms with E-state index >= 15 is 0 Å². The van der Waals surface area contributed by atoms with Crippen molar-refractivity contribution in [2.75, 3.05) is 39.4 Å². The first kappa shape index (κ1) is 10.9. The maximum Gasteiger partial charge on any atom is 0.223 e. The summed E-state index contributed by atoms with van der Waals surface area (Å²) in [6.07, 6.45) is 1.07. The molecule has 4 nitrogen and oxygen atoms in total. The molecule has 86 valence electrons. The number of rotatable bonds is 4. The average molecular weight is 212 g/mol. The van der Waals surface area contributed by atoms with Crippen LogP contribution >= 0.6 is 0 Å². The van der Waals surface area contributed by atoms with Gasteiger partial charge in [-0.15, -0.1) is 0 Å². The Bertz CT molecular complexity index is 227. The van der Waals surface area contributed by atoms with E-state index < -0.39 is 0 Å². The number of morpholine rings is 1. The molecule has 1 amide bonds. The summed E-state index contributed by atoms with van der Waals surface area (Å²) in [6.45, 7) is 7.51. The van der Waals surface area contributed by atoms with E-state index in [0.29, 0.717) is 11.8 Å². The minimum atomic E-state index is 0.246. The monoisotopic (exact) mass is 212 g/mol. The quantitative estimate of drug-likeness (QED) is 0.718. The van der Waals surface area contributed by atoms with Crippen molar-refractivity contribution in [3.05, 3.63) is 0 Å². The molecule has 2 aliphatic rings. The SMILES string of the molecule is C[C@H]1C[C@@H]1C(=O)NCCN1CCOCC1. The molecule has 4 heteroatoms. The molecule has 0 aromatic heterocycles. The van der Waals surface area contributed by atoms with Gasteiger partial charge in [0.05, 0.1) is 13.2 Å². The zero-order valence-electron chi connectivity index (χ0n) is 9.37. The van der Waals surface area contributed by atoms with Gasteiger partial charge in [-0.3, -0.25) is 9.69 Å². The van der Waals surface area contributed by atoms with E-state index in [1.165, 1.54) is 0 Å². The Morgan fingerprint density at radius 3 is 2.73 bits per heavy atom. The van der Waals surface area contributed by atoms with E-state index in [0.717, 1.165) is 45.8 Å². The van der Waals surface area contributed by atoms with E-state index in [4.69, 9.17) is 4.74 Å². The summed E-state index contributed by atoms with van der Waals surface area (Å²) in [5, 5.41) is 3.00. The van der Waals surface area contributed by atoms with Crippen LogP contribution in [0.2, 0.25) is 0 Å². The number of nitrogens with zero attached hydrogens (tertiary/aromatic N) is 1. The number of hydrogen-bond acceptors (Lipinski definition) is 3. The number of ether oxygens (including phenoxy) is 1. The fraction of sp³-hybridized carbons (Fsp3) is 0.909. The third kappa shape index (κ3) is 3.18. The van der Waals surface area contributed by atoms with Crippen molar-refractivity contribution in [2.24, 2.45) is 11.8 Å². The standard InChI is InChI=1S/C11H20N2O2/c1-9-8-10(9)11(14)12-2-3-13-4-6-15-7-5-13/h9-10H,2-8H2,1H3,(H,12,14)/t9-,10-/m0/s1. The Labute approximate surface area is 91.0 Å². The van der Waals surface area contributed by atoms with E-state index in [9.17, 15) is 4.79 Å². The Balaban J connectivity index is 1.56. The maximum atomic E-state index is 11.5. The first-order valence-corrected chi connectivity index (χ1v) is 5.85. The van der Waals surface area contributed by atoms with Gasteiger partial charge in [0.25, 0.3) is 0 Å². The Kier molecular flexibility index (Phi) is 3.59. The molecule has 0 bridgehead atoms. The summed E-state index contributed by atoms with van der Waals surface area (Å²) >= 11 is 0. The Morgan fingerprint density at radius 2 is 2.13 bits per heavy atom. The molecular formula is C11H20N2O2. The minimum absolute atomic E-state index is 0.246. The van der Waals surface area contributed by atoms with Crippen molar-refractivity contribution in [2.45, 2.75) is 13.3 Å². The molecule has 0 aromatic carbocycles.